The normalized spacial score (nSPS) is 12.7. The Hall–Kier alpha value is -1.18. The average molecular weight is 657 g/mol. The fraction of sp³-hybridized carbons (Fsp3) is 0.514. The summed E-state index contributed by atoms with van der Waals surface area (Å²) >= 11 is 2.94. The van der Waals surface area contributed by atoms with Gasteiger partial charge in [-0.2, -0.15) is 0 Å². The Kier molecular flexibility index (Phi) is 15.2. The first-order valence-corrected chi connectivity index (χ1v) is 21.3. The molecule has 0 bridgehead atoms. The van der Waals surface area contributed by atoms with Crippen LogP contribution in [-0.2, 0) is 0 Å². The van der Waals surface area contributed by atoms with Gasteiger partial charge >= 0.3 is 210 Å². The molecule has 0 amide bonds. The fourth-order valence-electron chi connectivity index (χ4n) is 6.18. The van der Waals surface area contributed by atoms with Crippen LogP contribution in [0.3, 0.4) is 0 Å². The topological polar surface area (TPSA) is 0 Å². The molecule has 0 aliphatic carbocycles. The molecular weight excluding hydrogens is 602 g/mol. The average Bonchev–Trinajstić information content (AvgIpc) is 3.00. The van der Waals surface area contributed by atoms with Gasteiger partial charge in [0.25, 0.3) is 0 Å². The maximum atomic E-state index is 2.94. The van der Waals surface area contributed by atoms with Gasteiger partial charge in [-0.15, -0.1) is 0 Å². The molecule has 0 unspecified atom stereocenters. The number of hydrogen-bond donors (Lipinski definition) is 0. The van der Waals surface area contributed by atoms with Crippen LogP contribution in [0, 0.1) is 0 Å². The second-order valence-corrected chi connectivity index (χ2v) is 22.3. The van der Waals surface area contributed by atoms with Gasteiger partial charge in [0, 0.05) is 0 Å². The summed E-state index contributed by atoms with van der Waals surface area (Å²) in [6, 6.07) is 34.2. The Balaban J connectivity index is 1.43. The van der Waals surface area contributed by atoms with E-state index in [-0.39, 0.29) is 0 Å². The van der Waals surface area contributed by atoms with Crippen LogP contribution in [0.15, 0.2) is 91.0 Å². The molecule has 0 saturated carbocycles. The molecule has 3 aromatic carbocycles. The molecule has 0 nitrogen and oxygen atoms in total. The molecule has 2 heteroatoms. The van der Waals surface area contributed by atoms with E-state index >= 15 is 0 Å². The van der Waals surface area contributed by atoms with E-state index in [1.54, 1.807) is 0 Å². The second kappa shape index (κ2) is 18.3. The van der Waals surface area contributed by atoms with Gasteiger partial charge in [0.2, 0.25) is 0 Å². The van der Waals surface area contributed by atoms with Gasteiger partial charge in [-0.1, -0.05) is 45.4 Å². The monoisotopic (exact) mass is 656 g/mol. The first-order valence-electron chi connectivity index (χ1n) is 16.1. The Morgan fingerprint density at radius 1 is 0.385 bits per heavy atom. The summed E-state index contributed by atoms with van der Waals surface area (Å²) < 4.78 is -2.58. The summed E-state index contributed by atoms with van der Waals surface area (Å²) in [7, 11) is 0. The molecule has 3 aromatic rings. The van der Waals surface area contributed by atoms with Crippen molar-refractivity contribution < 1.29 is 0 Å². The van der Waals surface area contributed by atoms with Crippen LogP contribution in [0.4, 0.5) is 0 Å². The van der Waals surface area contributed by atoms with Crippen LogP contribution < -0.4 is 15.9 Å². The molecular formula is C37H54IP. The Morgan fingerprint density at radius 2 is 0.641 bits per heavy atom. The molecule has 0 saturated heterocycles. The van der Waals surface area contributed by atoms with E-state index in [0.717, 1.165) is 0 Å². The van der Waals surface area contributed by atoms with E-state index in [4.69, 9.17) is 0 Å². The molecule has 214 valence electrons. The molecule has 0 N–H and O–H groups in total. The molecule has 0 atom stereocenters. The quantitative estimate of drug-likeness (QED) is 0.0608. The molecule has 0 spiro atoms. The maximum absolute atomic E-state index is 2.94. The van der Waals surface area contributed by atoms with Gasteiger partial charge < -0.3 is 0 Å². The Labute approximate surface area is 254 Å². The van der Waals surface area contributed by atoms with Crippen LogP contribution >= 0.6 is 26.3 Å². The Morgan fingerprint density at radius 3 is 0.923 bits per heavy atom. The van der Waals surface area contributed by atoms with Crippen molar-refractivity contribution >= 4 is 42.2 Å². The zero-order valence-corrected chi connectivity index (χ0v) is 27.8. The van der Waals surface area contributed by atoms with Crippen molar-refractivity contribution in [2.24, 2.45) is 0 Å². The van der Waals surface area contributed by atoms with Crippen LogP contribution in [0.5, 0.6) is 0 Å². The van der Waals surface area contributed by atoms with Crippen molar-refractivity contribution in [3.63, 3.8) is 0 Å². The predicted molar refractivity (Wildman–Crippen MR) is 188 cm³/mol. The standard InChI is InChI=1S/C37H54IP/c1-2-3-4-5-6-7-8-9-10-11-12-13-14-15-16-17-27-34-39(38,35-28-21-18-22-29-35,36-30-23-19-24-31-36)37-32-25-20-26-33-37/h18-26,28-33H,2-17,27,34H2,1H3. The van der Waals surface area contributed by atoms with E-state index in [2.05, 4.69) is 120 Å². The van der Waals surface area contributed by atoms with Gasteiger partial charge in [0.1, 0.15) is 0 Å². The van der Waals surface area contributed by atoms with Gasteiger partial charge in [-0.05, 0) is 0 Å². The van der Waals surface area contributed by atoms with E-state index in [1.165, 1.54) is 131 Å². The van der Waals surface area contributed by atoms with Crippen LogP contribution in [0.1, 0.15) is 116 Å². The molecule has 39 heavy (non-hydrogen) atoms. The van der Waals surface area contributed by atoms with Crippen molar-refractivity contribution in [1.82, 2.24) is 0 Å². The zero-order chi connectivity index (χ0) is 27.5. The number of rotatable bonds is 21. The summed E-state index contributed by atoms with van der Waals surface area (Å²) in [5.41, 5.74) is 0. The fourth-order valence-corrected chi connectivity index (χ4v) is 15.0. The minimum absolute atomic E-state index is 1.24. The predicted octanol–water partition coefficient (Wildman–Crippen LogP) is 11.5. The van der Waals surface area contributed by atoms with Crippen molar-refractivity contribution in [2.75, 3.05) is 6.16 Å². The summed E-state index contributed by atoms with van der Waals surface area (Å²) in [5, 5.41) is 4.54. The third-order valence-electron chi connectivity index (χ3n) is 8.57. The summed E-state index contributed by atoms with van der Waals surface area (Å²) in [6.45, 7) is 2.30. The molecule has 0 radical (unpaired) electrons. The molecule has 0 heterocycles. The zero-order valence-electron chi connectivity index (χ0n) is 24.7. The number of hydrogen-bond acceptors (Lipinski definition) is 0. The van der Waals surface area contributed by atoms with Crippen molar-refractivity contribution in [3.05, 3.63) is 91.0 Å². The molecule has 0 aromatic heterocycles. The van der Waals surface area contributed by atoms with E-state index in [1.807, 2.05) is 0 Å². The van der Waals surface area contributed by atoms with Crippen LogP contribution in [-0.4, -0.2) is 6.16 Å². The van der Waals surface area contributed by atoms with Gasteiger partial charge in [-0.25, -0.2) is 0 Å². The SMILES string of the molecule is CCCCCCCCCCCCCCCCCCCP(I)(c1ccccc1)(c1ccccc1)c1ccccc1. The second-order valence-electron chi connectivity index (χ2n) is 11.6. The Bertz CT molecular complexity index is 902. The first-order chi connectivity index (χ1) is 19.2. The van der Waals surface area contributed by atoms with Gasteiger partial charge in [0.05, 0.1) is 0 Å². The van der Waals surface area contributed by atoms with Crippen LogP contribution in [0.2, 0.25) is 0 Å². The molecule has 3 rings (SSSR count). The summed E-state index contributed by atoms with van der Waals surface area (Å²) in [4.78, 5) is 0. The number of unbranched alkanes of at least 4 members (excludes halogenated alkanes) is 16. The van der Waals surface area contributed by atoms with Crippen LogP contribution in [0.25, 0.3) is 0 Å². The first kappa shape index (κ1) is 32.3. The molecule has 0 aliphatic rings. The van der Waals surface area contributed by atoms with Crippen molar-refractivity contribution in [3.8, 4) is 0 Å². The van der Waals surface area contributed by atoms with Crippen molar-refractivity contribution in [2.45, 2.75) is 116 Å². The van der Waals surface area contributed by atoms with Gasteiger partial charge in [-0.3, -0.25) is 0 Å². The summed E-state index contributed by atoms with van der Waals surface area (Å²) in [6.07, 6.45) is 25.4. The number of halogens is 1. The van der Waals surface area contributed by atoms with E-state index < -0.39 is 4.25 Å². The third kappa shape index (κ3) is 9.71. The summed E-state index contributed by atoms with van der Waals surface area (Å²) in [5.74, 6) is 0. The van der Waals surface area contributed by atoms with E-state index in [0.29, 0.717) is 0 Å². The van der Waals surface area contributed by atoms with Gasteiger partial charge in [0.15, 0.2) is 0 Å². The van der Waals surface area contributed by atoms with Crippen molar-refractivity contribution in [1.29, 1.82) is 0 Å². The third-order valence-corrected chi connectivity index (χ3v) is 20.3. The molecule has 0 aliphatic heterocycles. The van der Waals surface area contributed by atoms with E-state index in [9.17, 15) is 0 Å². The number of benzene rings is 3. The minimum atomic E-state index is -2.58. The molecule has 0 fully saturated rings.